The van der Waals surface area contributed by atoms with Gasteiger partial charge in [-0.25, -0.2) is 17.5 Å². The zero-order valence-electron chi connectivity index (χ0n) is 15.6. The van der Waals surface area contributed by atoms with Crippen molar-refractivity contribution in [2.75, 3.05) is 13.2 Å². The van der Waals surface area contributed by atoms with Gasteiger partial charge in [-0.1, -0.05) is 12.5 Å². The molecule has 1 saturated heterocycles. The molecular weight excluding hydrogens is 387 g/mol. The van der Waals surface area contributed by atoms with Gasteiger partial charge in [0.05, 0.1) is 29.8 Å². The van der Waals surface area contributed by atoms with Crippen LogP contribution in [-0.4, -0.2) is 50.8 Å². The lowest BCUT2D eigenvalue weighted by molar-refractivity contribution is -0.127. The molecule has 3 N–H and O–H groups in total. The van der Waals surface area contributed by atoms with Crippen LogP contribution in [0.4, 0.5) is 4.39 Å². The number of aliphatic hydroxyl groups excluding tert-OH is 1. The molecule has 1 saturated carbocycles. The summed E-state index contributed by atoms with van der Waals surface area (Å²) < 4.78 is 46.6. The second-order valence-electron chi connectivity index (χ2n) is 7.45. The summed E-state index contributed by atoms with van der Waals surface area (Å²) in [6.07, 6.45) is 3.86. The SMILES string of the molecule is O=C(NCC[C@@H]1CC[C@H](NS(=O)(=O)c2cccc(F)c2)[C@@H](CO)O1)C1CCC1. The highest BCUT2D eigenvalue weighted by molar-refractivity contribution is 7.89. The summed E-state index contributed by atoms with van der Waals surface area (Å²) in [6, 6.07) is 4.18. The Morgan fingerprint density at radius 1 is 1.25 bits per heavy atom. The van der Waals surface area contributed by atoms with E-state index < -0.39 is 28.0 Å². The molecule has 1 heterocycles. The van der Waals surface area contributed by atoms with E-state index in [2.05, 4.69) is 10.0 Å². The van der Waals surface area contributed by atoms with Gasteiger partial charge in [-0.15, -0.1) is 0 Å². The minimum Gasteiger partial charge on any atom is -0.394 e. The molecule has 0 radical (unpaired) electrons. The molecule has 1 aromatic carbocycles. The molecule has 3 atom stereocenters. The summed E-state index contributed by atoms with van der Waals surface area (Å²) in [7, 11) is -3.92. The quantitative estimate of drug-likeness (QED) is 0.595. The van der Waals surface area contributed by atoms with Crippen molar-refractivity contribution in [1.82, 2.24) is 10.0 Å². The molecule has 9 heteroatoms. The van der Waals surface area contributed by atoms with Gasteiger partial charge in [-0.3, -0.25) is 4.79 Å². The van der Waals surface area contributed by atoms with Gasteiger partial charge in [0.25, 0.3) is 0 Å². The van der Waals surface area contributed by atoms with Crippen molar-refractivity contribution in [2.24, 2.45) is 5.92 Å². The lowest BCUT2D eigenvalue weighted by atomic mass is 9.85. The number of nitrogens with one attached hydrogen (secondary N) is 2. The van der Waals surface area contributed by atoms with Crippen LogP contribution in [0.15, 0.2) is 29.2 Å². The maximum atomic E-state index is 13.3. The maximum absolute atomic E-state index is 13.3. The Labute approximate surface area is 164 Å². The van der Waals surface area contributed by atoms with Gasteiger partial charge in [0.2, 0.25) is 15.9 Å². The Hall–Kier alpha value is -1.55. The molecule has 3 rings (SSSR count). The van der Waals surface area contributed by atoms with Crippen molar-refractivity contribution in [3.8, 4) is 0 Å². The monoisotopic (exact) mass is 414 g/mol. The Morgan fingerprint density at radius 3 is 2.68 bits per heavy atom. The number of hydrogen-bond donors (Lipinski definition) is 3. The van der Waals surface area contributed by atoms with Gasteiger partial charge in [0, 0.05) is 12.5 Å². The number of halogens is 1. The topological polar surface area (TPSA) is 105 Å². The summed E-state index contributed by atoms with van der Waals surface area (Å²) in [4.78, 5) is 11.7. The number of hydrogen-bond acceptors (Lipinski definition) is 5. The van der Waals surface area contributed by atoms with E-state index in [0.717, 1.165) is 25.3 Å². The molecule has 0 bridgehead atoms. The first-order valence-corrected chi connectivity index (χ1v) is 11.2. The average molecular weight is 414 g/mol. The number of rotatable bonds is 8. The van der Waals surface area contributed by atoms with Crippen LogP contribution < -0.4 is 10.0 Å². The second-order valence-corrected chi connectivity index (χ2v) is 9.16. The van der Waals surface area contributed by atoms with E-state index in [1.165, 1.54) is 18.2 Å². The highest BCUT2D eigenvalue weighted by Gasteiger charge is 2.34. The molecule has 2 aliphatic rings. The highest BCUT2D eigenvalue weighted by atomic mass is 32.2. The standard InChI is InChI=1S/C19H27FN2O5S/c20-14-5-2-6-16(11-14)28(25,26)22-17-8-7-15(27-18(17)12-23)9-10-21-19(24)13-3-1-4-13/h2,5-6,11,13,15,17-18,22-23H,1,3-4,7-10,12H2,(H,21,24)/t15-,17-,18+/m0/s1. The minimum atomic E-state index is -3.92. The molecule has 7 nitrogen and oxygen atoms in total. The molecule has 1 amide bonds. The number of carbonyl (C=O) groups excluding carboxylic acids is 1. The largest absolute Gasteiger partial charge is 0.394 e. The molecule has 0 unspecified atom stereocenters. The van der Waals surface area contributed by atoms with Crippen LogP contribution in [0.3, 0.4) is 0 Å². The highest BCUT2D eigenvalue weighted by Crippen LogP contribution is 2.26. The van der Waals surface area contributed by atoms with Crippen LogP contribution in [0.1, 0.15) is 38.5 Å². The van der Waals surface area contributed by atoms with Crippen molar-refractivity contribution in [3.05, 3.63) is 30.1 Å². The van der Waals surface area contributed by atoms with Crippen LogP contribution in [0, 0.1) is 11.7 Å². The number of benzene rings is 1. The van der Waals surface area contributed by atoms with Crippen LogP contribution in [0.2, 0.25) is 0 Å². The summed E-state index contributed by atoms with van der Waals surface area (Å²) >= 11 is 0. The molecule has 156 valence electrons. The second kappa shape index (κ2) is 9.30. The number of sulfonamides is 1. The Morgan fingerprint density at radius 2 is 2.04 bits per heavy atom. The lowest BCUT2D eigenvalue weighted by Crippen LogP contribution is -2.51. The first-order chi connectivity index (χ1) is 13.4. The van der Waals surface area contributed by atoms with Gasteiger partial charge in [-0.05, 0) is 50.3 Å². The van der Waals surface area contributed by atoms with Crippen molar-refractivity contribution in [2.45, 2.75) is 61.7 Å². The number of amides is 1. The Bertz CT molecular complexity index is 784. The number of ether oxygens (including phenoxy) is 1. The lowest BCUT2D eigenvalue weighted by Gasteiger charge is -2.36. The van der Waals surface area contributed by atoms with Gasteiger partial charge in [0.15, 0.2) is 0 Å². The van der Waals surface area contributed by atoms with Gasteiger partial charge < -0.3 is 15.2 Å². The molecular formula is C19H27FN2O5S. The van der Waals surface area contributed by atoms with E-state index in [4.69, 9.17) is 4.74 Å². The first-order valence-electron chi connectivity index (χ1n) is 9.71. The Balaban J connectivity index is 1.50. The van der Waals surface area contributed by atoms with Crippen LogP contribution in [0.5, 0.6) is 0 Å². The van der Waals surface area contributed by atoms with Gasteiger partial charge in [-0.2, -0.15) is 0 Å². The van der Waals surface area contributed by atoms with E-state index in [0.29, 0.717) is 25.8 Å². The van der Waals surface area contributed by atoms with E-state index >= 15 is 0 Å². The zero-order chi connectivity index (χ0) is 20.1. The van der Waals surface area contributed by atoms with Crippen LogP contribution >= 0.6 is 0 Å². The predicted molar refractivity (Wildman–Crippen MR) is 100 cm³/mol. The summed E-state index contributed by atoms with van der Waals surface area (Å²) in [5, 5.41) is 12.5. The summed E-state index contributed by atoms with van der Waals surface area (Å²) in [5.41, 5.74) is 0. The third-order valence-corrected chi connectivity index (χ3v) is 6.94. The minimum absolute atomic E-state index is 0.0847. The van der Waals surface area contributed by atoms with Gasteiger partial charge in [0.1, 0.15) is 5.82 Å². The fourth-order valence-electron chi connectivity index (χ4n) is 3.55. The maximum Gasteiger partial charge on any atom is 0.241 e. The average Bonchev–Trinajstić information content (AvgIpc) is 2.61. The third kappa shape index (κ3) is 5.28. The molecule has 1 aromatic rings. The molecule has 28 heavy (non-hydrogen) atoms. The summed E-state index contributed by atoms with van der Waals surface area (Å²) in [5.74, 6) is -0.411. The van der Waals surface area contributed by atoms with E-state index in [-0.39, 0.29) is 29.4 Å². The van der Waals surface area contributed by atoms with E-state index in [1.807, 2.05) is 0 Å². The van der Waals surface area contributed by atoms with E-state index in [1.54, 1.807) is 0 Å². The first kappa shape index (κ1) is 21.2. The molecule has 2 fully saturated rings. The van der Waals surface area contributed by atoms with Gasteiger partial charge >= 0.3 is 0 Å². The molecule has 1 aliphatic carbocycles. The summed E-state index contributed by atoms with van der Waals surface area (Å²) in [6.45, 7) is 0.166. The Kier molecular flexibility index (Phi) is 7.03. The normalized spacial score (nSPS) is 25.9. The van der Waals surface area contributed by atoms with Crippen molar-refractivity contribution in [3.63, 3.8) is 0 Å². The van der Waals surface area contributed by atoms with Crippen molar-refractivity contribution >= 4 is 15.9 Å². The fourth-order valence-corrected chi connectivity index (χ4v) is 4.88. The third-order valence-electron chi connectivity index (χ3n) is 5.45. The van der Waals surface area contributed by atoms with Crippen molar-refractivity contribution in [1.29, 1.82) is 0 Å². The predicted octanol–water partition coefficient (Wildman–Crippen LogP) is 1.32. The van der Waals surface area contributed by atoms with Crippen LogP contribution in [-0.2, 0) is 19.6 Å². The molecule has 0 aromatic heterocycles. The smallest absolute Gasteiger partial charge is 0.241 e. The number of carbonyl (C=O) groups is 1. The zero-order valence-corrected chi connectivity index (χ0v) is 16.5. The molecule has 0 spiro atoms. The van der Waals surface area contributed by atoms with Crippen LogP contribution in [0.25, 0.3) is 0 Å². The number of aliphatic hydroxyl groups is 1. The van der Waals surface area contributed by atoms with E-state index in [9.17, 15) is 22.7 Å². The molecule has 1 aliphatic heterocycles. The fraction of sp³-hybridized carbons (Fsp3) is 0.632. The van der Waals surface area contributed by atoms with Crippen molar-refractivity contribution < 1.29 is 27.4 Å².